The molecule has 14 heteroatoms. The average molecular weight is 812 g/mol. The van der Waals surface area contributed by atoms with Crippen molar-refractivity contribution in [1.82, 2.24) is 24.9 Å². The van der Waals surface area contributed by atoms with Gasteiger partial charge >= 0.3 is 0 Å². The number of nitrogens with one attached hydrogen (secondary N) is 1. The Morgan fingerprint density at radius 3 is 2.12 bits per heavy atom. The number of carbonyl (C=O) groups is 5. The van der Waals surface area contributed by atoms with Gasteiger partial charge in [-0.3, -0.25) is 44.0 Å². The average Bonchev–Trinajstić information content (AvgIpc) is 3.74. The fraction of sp³-hybridized carbons (Fsp3) is 0.489. The summed E-state index contributed by atoms with van der Waals surface area (Å²) >= 11 is 0. The van der Waals surface area contributed by atoms with Crippen molar-refractivity contribution in [2.75, 3.05) is 19.6 Å². The topological polar surface area (TPSA) is 131 Å². The van der Waals surface area contributed by atoms with Crippen molar-refractivity contribution in [1.29, 1.82) is 0 Å². The van der Waals surface area contributed by atoms with Crippen molar-refractivity contribution >= 4 is 29.5 Å². The summed E-state index contributed by atoms with van der Waals surface area (Å²) in [6, 6.07) is 11.9. The van der Waals surface area contributed by atoms with E-state index in [4.69, 9.17) is 0 Å². The number of hydrogen-bond acceptors (Lipinski definition) is 8. The third-order valence-corrected chi connectivity index (χ3v) is 13.8. The van der Waals surface area contributed by atoms with Gasteiger partial charge in [0.1, 0.15) is 17.6 Å². The van der Waals surface area contributed by atoms with Gasteiger partial charge in [0.2, 0.25) is 17.7 Å². The van der Waals surface area contributed by atoms with Crippen molar-refractivity contribution in [2.45, 2.75) is 114 Å². The van der Waals surface area contributed by atoms with Crippen LogP contribution in [0.4, 0.5) is 13.2 Å². The Labute approximate surface area is 340 Å². The van der Waals surface area contributed by atoms with Crippen LogP contribution in [0, 0.1) is 11.7 Å². The fourth-order valence-electron chi connectivity index (χ4n) is 10.8. The van der Waals surface area contributed by atoms with Crippen LogP contribution in [0.3, 0.4) is 0 Å². The van der Waals surface area contributed by atoms with Gasteiger partial charge in [-0.1, -0.05) is 18.2 Å². The lowest BCUT2D eigenvalue weighted by Gasteiger charge is -2.42. The summed E-state index contributed by atoms with van der Waals surface area (Å²) in [5, 5.41) is 12.3. The molecule has 1 unspecified atom stereocenters. The van der Waals surface area contributed by atoms with E-state index in [0.717, 1.165) is 58.4 Å². The third-order valence-electron chi connectivity index (χ3n) is 13.8. The predicted octanol–water partition coefficient (Wildman–Crippen LogP) is 5.81. The maximum absolute atomic E-state index is 16.1. The molecule has 310 valence electrons. The molecule has 1 saturated carbocycles. The number of aromatic hydroxyl groups is 1. The van der Waals surface area contributed by atoms with E-state index in [9.17, 15) is 37.9 Å². The Bertz CT molecular complexity index is 2190. The molecule has 5 aliphatic heterocycles. The van der Waals surface area contributed by atoms with Gasteiger partial charge in [-0.25, -0.2) is 13.2 Å². The molecule has 5 heterocycles. The van der Waals surface area contributed by atoms with Crippen LogP contribution in [0.1, 0.15) is 124 Å². The minimum atomic E-state index is -2.58. The van der Waals surface area contributed by atoms with Crippen molar-refractivity contribution in [3.63, 3.8) is 0 Å². The number of fused-ring (bicyclic) bond motifs is 3. The Morgan fingerprint density at radius 1 is 0.831 bits per heavy atom. The second-order valence-corrected chi connectivity index (χ2v) is 17.3. The molecule has 59 heavy (non-hydrogen) atoms. The van der Waals surface area contributed by atoms with Gasteiger partial charge in [0, 0.05) is 56.2 Å². The first-order valence-corrected chi connectivity index (χ1v) is 20.9. The quantitative estimate of drug-likeness (QED) is 0.286. The molecule has 0 spiro atoms. The second-order valence-electron chi connectivity index (χ2n) is 17.3. The van der Waals surface area contributed by atoms with E-state index in [1.54, 1.807) is 41.3 Å². The van der Waals surface area contributed by atoms with Crippen LogP contribution in [0.2, 0.25) is 0 Å². The highest BCUT2D eigenvalue weighted by molar-refractivity contribution is 6.23. The van der Waals surface area contributed by atoms with Crippen LogP contribution in [0.25, 0.3) is 0 Å². The molecule has 2 N–H and O–H groups in total. The maximum atomic E-state index is 16.1. The summed E-state index contributed by atoms with van der Waals surface area (Å²) in [6.07, 6.45) is 2.60. The maximum Gasteiger partial charge on any atom is 0.262 e. The molecule has 1 aliphatic carbocycles. The molecule has 0 radical (unpaired) electrons. The van der Waals surface area contributed by atoms with E-state index in [0.29, 0.717) is 62.1 Å². The van der Waals surface area contributed by atoms with Crippen LogP contribution in [0.5, 0.6) is 5.75 Å². The lowest BCUT2D eigenvalue weighted by molar-refractivity contribution is -0.138. The Hall–Kier alpha value is -5.08. The highest BCUT2D eigenvalue weighted by atomic mass is 19.3. The van der Waals surface area contributed by atoms with Crippen LogP contribution >= 0.6 is 0 Å². The lowest BCUT2D eigenvalue weighted by atomic mass is 9.77. The zero-order valence-corrected chi connectivity index (χ0v) is 33.0. The van der Waals surface area contributed by atoms with Crippen LogP contribution in [-0.2, 0) is 33.9 Å². The number of likely N-dealkylation sites (tertiary alicyclic amines) is 1. The molecule has 2 saturated heterocycles. The second kappa shape index (κ2) is 15.5. The number of nitrogens with zero attached hydrogens (tertiary/aromatic N) is 4. The smallest absolute Gasteiger partial charge is 0.262 e. The standard InChI is InChI=1S/C45H48F3N5O6/c1-24-16-28-17-32(54)7-9-33(28)41(52(24)23-39(47)48)34-8-6-27(20-37(34)46)25-2-4-26(5-3-25)43(57)50-14-12-31(13-15-50)51-21-29-18-35-36(19-30(29)22-51)45(59)53(44(35)58)38-10-11-40(55)49-42(38)56/h6-9,17-20,24-26,31,38-39,41,54H,2-5,10-16,21-23H2,1H3,(H,49,55,56)/t24-,25?,26?,38?,41+/m1/s1. The monoisotopic (exact) mass is 811 g/mol. The van der Waals surface area contributed by atoms with Gasteiger partial charge in [-0.15, -0.1) is 0 Å². The predicted molar refractivity (Wildman–Crippen MR) is 209 cm³/mol. The molecule has 6 aliphatic rings. The third kappa shape index (κ3) is 7.21. The lowest BCUT2D eigenvalue weighted by Crippen LogP contribution is -2.54. The first kappa shape index (κ1) is 39.4. The van der Waals surface area contributed by atoms with Gasteiger partial charge in [0.05, 0.1) is 23.7 Å². The number of benzene rings is 3. The zero-order valence-electron chi connectivity index (χ0n) is 33.0. The number of imide groups is 2. The molecule has 3 atom stereocenters. The van der Waals surface area contributed by atoms with Crippen molar-refractivity contribution in [3.8, 4) is 5.75 Å². The van der Waals surface area contributed by atoms with Crippen LogP contribution in [0.15, 0.2) is 48.5 Å². The molecule has 5 amide bonds. The molecular formula is C45H48F3N5O6. The van der Waals surface area contributed by atoms with Crippen molar-refractivity contribution < 1.29 is 42.3 Å². The van der Waals surface area contributed by atoms with Gasteiger partial charge in [0.15, 0.2) is 0 Å². The first-order valence-electron chi connectivity index (χ1n) is 20.9. The molecule has 3 fully saturated rings. The number of halogens is 3. The molecule has 11 nitrogen and oxygen atoms in total. The van der Waals surface area contributed by atoms with Gasteiger partial charge < -0.3 is 10.0 Å². The molecule has 3 aromatic carbocycles. The molecular weight excluding hydrogens is 764 g/mol. The number of carbonyl (C=O) groups excluding carboxylic acids is 5. The largest absolute Gasteiger partial charge is 0.508 e. The normalized spacial score (nSPS) is 26.6. The summed E-state index contributed by atoms with van der Waals surface area (Å²) < 4.78 is 43.6. The van der Waals surface area contributed by atoms with Gasteiger partial charge in [0.25, 0.3) is 18.2 Å². The number of alkyl halides is 2. The Balaban J connectivity index is 0.787. The van der Waals surface area contributed by atoms with Gasteiger partial charge in [-0.2, -0.15) is 0 Å². The Morgan fingerprint density at radius 2 is 1.49 bits per heavy atom. The van der Waals surface area contributed by atoms with E-state index >= 15 is 4.39 Å². The number of rotatable bonds is 7. The van der Waals surface area contributed by atoms with E-state index < -0.39 is 54.5 Å². The van der Waals surface area contributed by atoms with Crippen molar-refractivity contribution in [3.05, 3.63) is 98.9 Å². The summed E-state index contributed by atoms with van der Waals surface area (Å²) in [6.45, 7) is 3.90. The zero-order chi connectivity index (χ0) is 41.3. The van der Waals surface area contributed by atoms with Crippen molar-refractivity contribution in [2.24, 2.45) is 5.92 Å². The number of phenolic OH excluding ortho intramolecular Hbond substituents is 1. The van der Waals surface area contributed by atoms with Gasteiger partial charge in [-0.05, 0) is 122 Å². The first-order chi connectivity index (χ1) is 28.3. The Kier molecular flexibility index (Phi) is 10.4. The minimum Gasteiger partial charge on any atom is -0.508 e. The fourth-order valence-corrected chi connectivity index (χ4v) is 10.8. The summed E-state index contributed by atoms with van der Waals surface area (Å²) in [7, 11) is 0. The van der Waals surface area contributed by atoms with E-state index in [1.807, 2.05) is 17.9 Å². The summed E-state index contributed by atoms with van der Waals surface area (Å²) in [5.74, 6) is -2.25. The number of piperidine rings is 2. The highest BCUT2D eigenvalue weighted by Gasteiger charge is 2.46. The minimum absolute atomic E-state index is 0.0698. The number of phenols is 1. The molecule has 3 aromatic rings. The number of hydrogen-bond donors (Lipinski definition) is 2. The molecule has 9 rings (SSSR count). The number of amides is 5. The summed E-state index contributed by atoms with van der Waals surface area (Å²) in [4.78, 5) is 71.5. The SMILES string of the molecule is C[C@@H]1Cc2cc(O)ccc2[C@@H](c2ccc(C3CCC(C(=O)N4CCC(N5Cc6cc7c(cc6C5)C(=O)N(C5CCC(=O)NC5=O)C7=O)CC4)CC3)cc2F)N1CC(F)F. The molecule has 0 bridgehead atoms. The van der Waals surface area contributed by atoms with Crippen LogP contribution in [-0.4, -0.2) is 98.4 Å². The summed E-state index contributed by atoms with van der Waals surface area (Å²) in [5.41, 5.74) is 5.27. The molecule has 0 aromatic heterocycles. The van der Waals surface area contributed by atoms with E-state index in [1.165, 1.54) is 6.07 Å². The van der Waals surface area contributed by atoms with Crippen LogP contribution < -0.4 is 5.32 Å². The van der Waals surface area contributed by atoms with E-state index in [2.05, 4.69) is 10.2 Å². The van der Waals surface area contributed by atoms with E-state index in [-0.39, 0.29) is 48.4 Å². The highest BCUT2D eigenvalue weighted by Crippen LogP contribution is 2.43.